The summed E-state index contributed by atoms with van der Waals surface area (Å²) in [4.78, 5) is 16.2. The maximum atomic E-state index is 11.9. The molecule has 2 aromatic rings. The zero-order valence-corrected chi connectivity index (χ0v) is 10.4. The fourth-order valence-electron chi connectivity index (χ4n) is 1.85. The Labute approximate surface area is 101 Å². The number of nitrogens with zero attached hydrogens (tertiary/aromatic N) is 2. The number of ketones is 1. The molecule has 3 nitrogen and oxygen atoms in total. The molecule has 3 heteroatoms. The average Bonchev–Trinajstić information content (AvgIpc) is 2.69. The summed E-state index contributed by atoms with van der Waals surface area (Å²) in [6.45, 7) is 5.86. The quantitative estimate of drug-likeness (QED) is 0.757. The molecule has 0 aliphatic heterocycles. The summed E-state index contributed by atoms with van der Waals surface area (Å²) in [5, 5.41) is 0. The highest BCUT2D eigenvalue weighted by Gasteiger charge is 2.12. The predicted molar refractivity (Wildman–Crippen MR) is 67.7 cm³/mol. The number of hydrogen-bond acceptors (Lipinski definition) is 2. The third-order valence-electron chi connectivity index (χ3n) is 3.04. The smallest absolute Gasteiger partial charge is 0.164 e. The lowest BCUT2D eigenvalue weighted by Gasteiger charge is -2.10. The van der Waals surface area contributed by atoms with Gasteiger partial charge < -0.3 is 4.57 Å². The van der Waals surface area contributed by atoms with E-state index in [0.717, 1.165) is 22.6 Å². The van der Waals surface area contributed by atoms with Crippen LogP contribution in [0.15, 0.2) is 30.6 Å². The van der Waals surface area contributed by atoms with Crippen LogP contribution in [0.25, 0.3) is 5.69 Å². The van der Waals surface area contributed by atoms with Crippen LogP contribution in [-0.4, -0.2) is 15.3 Å². The lowest BCUT2D eigenvalue weighted by molar-refractivity contribution is 0.0988. The average molecular weight is 228 g/mol. The summed E-state index contributed by atoms with van der Waals surface area (Å²) >= 11 is 0. The van der Waals surface area contributed by atoms with Crippen molar-refractivity contribution < 1.29 is 4.79 Å². The van der Waals surface area contributed by atoms with E-state index in [1.165, 1.54) is 0 Å². The number of para-hydroxylation sites is 1. The Morgan fingerprint density at radius 1 is 1.29 bits per heavy atom. The van der Waals surface area contributed by atoms with Crippen molar-refractivity contribution in [2.24, 2.45) is 0 Å². The maximum absolute atomic E-state index is 11.9. The number of imidazole rings is 1. The Hall–Kier alpha value is -1.90. The summed E-state index contributed by atoms with van der Waals surface area (Å²) in [5.74, 6) is 0.159. The van der Waals surface area contributed by atoms with Gasteiger partial charge in [0.15, 0.2) is 5.78 Å². The number of aryl methyl sites for hydroxylation is 1. The number of carbonyl (C=O) groups excluding carboxylic acids is 1. The van der Waals surface area contributed by atoms with Gasteiger partial charge in [0.1, 0.15) is 0 Å². The van der Waals surface area contributed by atoms with Gasteiger partial charge in [0.05, 0.1) is 17.7 Å². The van der Waals surface area contributed by atoms with Crippen LogP contribution < -0.4 is 0 Å². The van der Waals surface area contributed by atoms with E-state index in [4.69, 9.17) is 0 Å². The summed E-state index contributed by atoms with van der Waals surface area (Å²) < 4.78 is 1.97. The Bertz CT molecular complexity index is 555. The van der Waals surface area contributed by atoms with E-state index in [1.807, 2.05) is 49.6 Å². The molecule has 0 unspecified atom stereocenters. The van der Waals surface area contributed by atoms with Crippen molar-refractivity contribution in [2.75, 3.05) is 0 Å². The van der Waals surface area contributed by atoms with E-state index in [9.17, 15) is 4.79 Å². The number of aromatic nitrogens is 2. The first-order valence-corrected chi connectivity index (χ1v) is 5.78. The third-order valence-corrected chi connectivity index (χ3v) is 3.04. The van der Waals surface area contributed by atoms with Crippen LogP contribution in [0.2, 0.25) is 0 Å². The van der Waals surface area contributed by atoms with Crippen LogP contribution in [0.5, 0.6) is 0 Å². The first-order chi connectivity index (χ1) is 8.15. The van der Waals surface area contributed by atoms with Gasteiger partial charge in [-0.2, -0.15) is 0 Å². The molecule has 0 N–H and O–H groups in total. The highest BCUT2D eigenvalue weighted by atomic mass is 16.1. The second kappa shape index (κ2) is 4.53. The van der Waals surface area contributed by atoms with Gasteiger partial charge in [-0.3, -0.25) is 4.79 Å². The van der Waals surface area contributed by atoms with Gasteiger partial charge in [-0.05, 0) is 26.0 Å². The molecule has 0 fully saturated rings. The van der Waals surface area contributed by atoms with Crippen LogP contribution >= 0.6 is 0 Å². The zero-order valence-electron chi connectivity index (χ0n) is 10.4. The van der Waals surface area contributed by atoms with E-state index in [1.54, 1.807) is 6.33 Å². The molecule has 1 aromatic carbocycles. The van der Waals surface area contributed by atoms with Crippen molar-refractivity contribution in [1.82, 2.24) is 9.55 Å². The second-order valence-electron chi connectivity index (χ2n) is 4.08. The highest BCUT2D eigenvalue weighted by molar-refractivity contribution is 5.99. The maximum Gasteiger partial charge on any atom is 0.164 e. The van der Waals surface area contributed by atoms with Crippen molar-refractivity contribution in [3.63, 3.8) is 0 Å². The number of Topliss-reactive ketones (excluding diaryl/α,β-unsaturated/α-hetero) is 1. The summed E-state index contributed by atoms with van der Waals surface area (Å²) in [5.41, 5.74) is 3.73. The van der Waals surface area contributed by atoms with Gasteiger partial charge in [-0.1, -0.05) is 19.1 Å². The largest absolute Gasteiger partial charge is 0.303 e. The lowest BCUT2D eigenvalue weighted by Crippen LogP contribution is -2.05. The molecule has 88 valence electrons. The molecule has 17 heavy (non-hydrogen) atoms. The predicted octanol–water partition coefficient (Wildman–Crippen LogP) is 3.08. The van der Waals surface area contributed by atoms with Crippen LogP contribution in [0.4, 0.5) is 0 Å². The van der Waals surface area contributed by atoms with Crippen LogP contribution in [0, 0.1) is 13.8 Å². The third kappa shape index (κ3) is 2.00. The van der Waals surface area contributed by atoms with E-state index in [2.05, 4.69) is 4.98 Å². The molecule has 0 spiro atoms. The van der Waals surface area contributed by atoms with Gasteiger partial charge in [-0.25, -0.2) is 4.98 Å². The van der Waals surface area contributed by atoms with Crippen LogP contribution in [0.1, 0.15) is 35.1 Å². The molecule has 0 amide bonds. The molecule has 0 bridgehead atoms. The SMILES string of the molecule is CCC(=O)c1ccccc1-n1cnc(C)c1C. The van der Waals surface area contributed by atoms with E-state index < -0.39 is 0 Å². The Morgan fingerprint density at radius 3 is 2.59 bits per heavy atom. The molecule has 0 aliphatic carbocycles. The second-order valence-corrected chi connectivity index (χ2v) is 4.08. The molecular formula is C14H16N2O. The normalized spacial score (nSPS) is 10.5. The Morgan fingerprint density at radius 2 is 2.00 bits per heavy atom. The van der Waals surface area contributed by atoms with E-state index >= 15 is 0 Å². The van der Waals surface area contributed by atoms with Crippen molar-refractivity contribution in [1.29, 1.82) is 0 Å². The molecule has 1 heterocycles. The minimum atomic E-state index is 0.159. The topological polar surface area (TPSA) is 34.9 Å². The van der Waals surface area contributed by atoms with Crippen molar-refractivity contribution >= 4 is 5.78 Å². The number of carbonyl (C=O) groups is 1. The zero-order chi connectivity index (χ0) is 12.4. The Balaban J connectivity index is 2.60. The molecule has 0 saturated heterocycles. The summed E-state index contributed by atoms with van der Waals surface area (Å²) in [6, 6.07) is 7.66. The highest BCUT2D eigenvalue weighted by Crippen LogP contribution is 2.19. The monoisotopic (exact) mass is 228 g/mol. The van der Waals surface area contributed by atoms with Crippen molar-refractivity contribution in [3.8, 4) is 5.69 Å². The van der Waals surface area contributed by atoms with Crippen molar-refractivity contribution in [3.05, 3.63) is 47.5 Å². The molecule has 0 saturated carbocycles. The molecule has 0 aliphatic rings. The number of benzene rings is 1. The van der Waals surface area contributed by atoms with Gasteiger partial charge in [0, 0.05) is 17.7 Å². The Kier molecular flexibility index (Phi) is 3.09. The first kappa shape index (κ1) is 11.6. The minimum absolute atomic E-state index is 0.159. The number of hydrogen-bond donors (Lipinski definition) is 0. The molecule has 1 aromatic heterocycles. The van der Waals surface area contributed by atoms with Crippen LogP contribution in [0.3, 0.4) is 0 Å². The van der Waals surface area contributed by atoms with Gasteiger partial charge in [0.2, 0.25) is 0 Å². The van der Waals surface area contributed by atoms with Crippen molar-refractivity contribution in [2.45, 2.75) is 27.2 Å². The standard InChI is InChI=1S/C14H16N2O/c1-4-14(17)12-7-5-6-8-13(12)16-9-15-10(2)11(16)3/h5-9H,4H2,1-3H3. The minimum Gasteiger partial charge on any atom is -0.303 e. The fraction of sp³-hybridized carbons (Fsp3) is 0.286. The van der Waals surface area contributed by atoms with Gasteiger partial charge in [-0.15, -0.1) is 0 Å². The number of rotatable bonds is 3. The van der Waals surface area contributed by atoms with Crippen LogP contribution in [-0.2, 0) is 0 Å². The van der Waals surface area contributed by atoms with E-state index in [0.29, 0.717) is 6.42 Å². The molecule has 0 radical (unpaired) electrons. The first-order valence-electron chi connectivity index (χ1n) is 5.78. The molecule has 0 atom stereocenters. The summed E-state index contributed by atoms with van der Waals surface area (Å²) in [6.07, 6.45) is 2.29. The van der Waals surface area contributed by atoms with Gasteiger partial charge >= 0.3 is 0 Å². The summed E-state index contributed by atoms with van der Waals surface area (Å²) in [7, 11) is 0. The molecular weight excluding hydrogens is 212 g/mol. The van der Waals surface area contributed by atoms with E-state index in [-0.39, 0.29) is 5.78 Å². The molecule has 2 rings (SSSR count). The van der Waals surface area contributed by atoms with Gasteiger partial charge in [0.25, 0.3) is 0 Å². The fourth-order valence-corrected chi connectivity index (χ4v) is 1.85. The lowest BCUT2D eigenvalue weighted by atomic mass is 10.1.